The maximum atomic E-state index is 13.6. The van der Waals surface area contributed by atoms with Gasteiger partial charge in [0.25, 0.3) is 5.92 Å². The van der Waals surface area contributed by atoms with Crippen molar-refractivity contribution < 1.29 is 18.7 Å². The van der Waals surface area contributed by atoms with Crippen LogP contribution in [0.2, 0.25) is 0 Å². The molecule has 1 heterocycles. The second kappa shape index (κ2) is 3.10. The van der Waals surface area contributed by atoms with Gasteiger partial charge in [0.05, 0.1) is 5.52 Å². The van der Waals surface area contributed by atoms with Crippen LogP contribution >= 0.6 is 0 Å². The second-order valence-electron chi connectivity index (χ2n) is 4.76. The first-order chi connectivity index (χ1) is 8.40. The van der Waals surface area contributed by atoms with Crippen LogP contribution in [0, 0.1) is 0 Å². The third kappa shape index (κ3) is 1.14. The highest BCUT2D eigenvalue weighted by Crippen LogP contribution is 2.62. The molecule has 1 unspecified atom stereocenters. The number of aryl methyl sites for hydroxylation is 1. The van der Waals surface area contributed by atoms with Crippen LogP contribution in [0.1, 0.15) is 12.0 Å². The van der Waals surface area contributed by atoms with Crippen LogP contribution in [0.25, 0.3) is 10.9 Å². The summed E-state index contributed by atoms with van der Waals surface area (Å²) in [5.74, 6) is -4.63. The molecule has 1 saturated carbocycles. The van der Waals surface area contributed by atoms with Gasteiger partial charge in [0.2, 0.25) is 0 Å². The van der Waals surface area contributed by atoms with Gasteiger partial charge in [-0.2, -0.15) is 0 Å². The van der Waals surface area contributed by atoms with Gasteiger partial charge < -0.3 is 9.67 Å². The third-order valence-electron chi connectivity index (χ3n) is 3.71. The number of carboxylic acid groups (broad SMARTS) is 1. The van der Waals surface area contributed by atoms with Gasteiger partial charge in [0, 0.05) is 19.7 Å². The van der Waals surface area contributed by atoms with E-state index in [-0.39, 0.29) is 5.56 Å². The summed E-state index contributed by atoms with van der Waals surface area (Å²) in [4.78, 5) is 11.3. The summed E-state index contributed by atoms with van der Waals surface area (Å²) in [5, 5.41) is 9.97. The molecule has 1 atom stereocenters. The first-order valence-electron chi connectivity index (χ1n) is 5.56. The van der Waals surface area contributed by atoms with Crippen LogP contribution in [0.4, 0.5) is 8.78 Å². The average molecular weight is 251 g/mol. The predicted molar refractivity (Wildman–Crippen MR) is 61.8 cm³/mol. The number of hydrogen-bond acceptors (Lipinski definition) is 1. The van der Waals surface area contributed by atoms with Crippen molar-refractivity contribution in [2.75, 3.05) is 0 Å². The molecule has 0 radical (unpaired) electrons. The summed E-state index contributed by atoms with van der Waals surface area (Å²) in [6, 6.07) is 6.68. The van der Waals surface area contributed by atoms with E-state index >= 15 is 0 Å². The van der Waals surface area contributed by atoms with Crippen LogP contribution in [0.5, 0.6) is 0 Å². The highest BCUT2D eigenvalue weighted by atomic mass is 19.3. The summed E-state index contributed by atoms with van der Waals surface area (Å²) in [7, 11) is 1.72. The number of carbonyl (C=O) groups is 1. The monoisotopic (exact) mass is 251 g/mol. The number of carboxylic acids is 1. The van der Waals surface area contributed by atoms with Gasteiger partial charge in [-0.25, -0.2) is 8.78 Å². The molecule has 1 fully saturated rings. The summed E-state index contributed by atoms with van der Waals surface area (Å²) in [6.07, 6.45) is 1.11. The van der Waals surface area contributed by atoms with E-state index in [4.69, 9.17) is 0 Å². The molecule has 0 amide bonds. The van der Waals surface area contributed by atoms with Gasteiger partial charge in [0.15, 0.2) is 5.41 Å². The normalized spacial score (nSPS) is 25.3. The minimum Gasteiger partial charge on any atom is -0.480 e. The lowest BCUT2D eigenvalue weighted by Crippen LogP contribution is -2.27. The summed E-state index contributed by atoms with van der Waals surface area (Å²) >= 11 is 0. The zero-order valence-electron chi connectivity index (χ0n) is 9.65. The molecule has 1 aliphatic rings. The number of halogens is 2. The Labute approximate surface area is 102 Å². The molecule has 94 valence electrons. The molecule has 2 aromatic rings. The molecular weight excluding hydrogens is 240 g/mol. The van der Waals surface area contributed by atoms with Crippen molar-refractivity contribution in [3.8, 4) is 0 Å². The van der Waals surface area contributed by atoms with Gasteiger partial charge in [-0.1, -0.05) is 18.2 Å². The van der Waals surface area contributed by atoms with Crippen molar-refractivity contribution in [2.45, 2.75) is 17.8 Å². The maximum absolute atomic E-state index is 13.6. The van der Waals surface area contributed by atoms with Crippen molar-refractivity contribution in [1.82, 2.24) is 4.57 Å². The Bertz CT molecular complexity index is 662. The Kier molecular flexibility index (Phi) is 1.93. The lowest BCUT2D eigenvalue weighted by atomic mass is 9.93. The minimum absolute atomic E-state index is 0.199. The molecule has 3 nitrogen and oxygen atoms in total. The number of nitrogens with zero attached hydrogens (tertiary/aromatic N) is 1. The van der Waals surface area contributed by atoms with Gasteiger partial charge in [-0.15, -0.1) is 0 Å². The van der Waals surface area contributed by atoms with E-state index in [2.05, 4.69) is 0 Å². The fourth-order valence-electron chi connectivity index (χ4n) is 2.63. The number of aromatic nitrogens is 1. The second-order valence-corrected chi connectivity index (χ2v) is 4.76. The molecule has 3 rings (SSSR count). The van der Waals surface area contributed by atoms with E-state index in [0.717, 1.165) is 5.39 Å². The van der Waals surface area contributed by atoms with E-state index in [0.29, 0.717) is 5.52 Å². The van der Waals surface area contributed by atoms with E-state index in [9.17, 15) is 18.7 Å². The first kappa shape index (κ1) is 11.2. The molecule has 0 spiro atoms. The quantitative estimate of drug-likeness (QED) is 0.891. The van der Waals surface area contributed by atoms with E-state index < -0.39 is 23.7 Å². The van der Waals surface area contributed by atoms with Crippen LogP contribution in [0.15, 0.2) is 30.5 Å². The van der Waals surface area contributed by atoms with E-state index in [1.165, 1.54) is 6.07 Å². The number of fused-ring (bicyclic) bond motifs is 1. The molecule has 18 heavy (non-hydrogen) atoms. The van der Waals surface area contributed by atoms with Gasteiger partial charge >= 0.3 is 5.97 Å². The summed E-state index contributed by atoms with van der Waals surface area (Å²) in [5.41, 5.74) is -1.29. The summed E-state index contributed by atoms with van der Waals surface area (Å²) in [6.45, 7) is 0. The molecule has 1 N–H and O–H groups in total. The molecule has 1 aromatic heterocycles. The molecule has 0 saturated heterocycles. The van der Waals surface area contributed by atoms with Crippen molar-refractivity contribution in [1.29, 1.82) is 0 Å². The van der Waals surface area contributed by atoms with Crippen molar-refractivity contribution >= 4 is 16.9 Å². The SMILES string of the molecule is Cn1ccc2cccc(C3(C(=O)O)CC3(F)F)c21. The molecule has 5 heteroatoms. The minimum atomic E-state index is -3.17. The Hall–Kier alpha value is -1.91. The Morgan fingerprint density at radius 1 is 1.39 bits per heavy atom. The van der Waals surface area contributed by atoms with E-state index in [1.54, 1.807) is 36.0 Å². The highest BCUT2D eigenvalue weighted by molar-refractivity contribution is 5.95. The number of benzene rings is 1. The Morgan fingerprint density at radius 2 is 2.06 bits per heavy atom. The number of para-hydroxylation sites is 1. The molecule has 1 aromatic carbocycles. The fourth-order valence-corrected chi connectivity index (χ4v) is 2.63. The number of alkyl halides is 2. The van der Waals surface area contributed by atoms with Crippen molar-refractivity contribution in [2.24, 2.45) is 7.05 Å². The van der Waals surface area contributed by atoms with E-state index in [1.807, 2.05) is 0 Å². The maximum Gasteiger partial charge on any atom is 0.320 e. The van der Waals surface area contributed by atoms with Gasteiger partial charge in [-0.05, 0) is 17.0 Å². The zero-order chi connectivity index (χ0) is 13.1. The lowest BCUT2D eigenvalue weighted by Gasteiger charge is -2.14. The standard InChI is InChI=1S/C13H11F2NO2/c1-16-6-5-8-3-2-4-9(10(8)16)12(11(17)18)7-13(12,14)15/h2-6H,7H2,1H3,(H,17,18). The van der Waals surface area contributed by atoms with Crippen LogP contribution in [-0.2, 0) is 17.3 Å². The molecule has 0 aliphatic heterocycles. The molecule has 1 aliphatic carbocycles. The van der Waals surface area contributed by atoms with Crippen molar-refractivity contribution in [3.63, 3.8) is 0 Å². The highest BCUT2D eigenvalue weighted by Gasteiger charge is 2.77. The number of rotatable bonds is 2. The van der Waals surface area contributed by atoms with Crippen LogP contribution in [-0.4, -0.2) is 21.6 Å². The topological polar surface area (TPSA) is 42.2 Å². The number of hydrogen-bond donors (Lipinski definition) is 1. The Balaban J connectivity index is 2.33. The van der Waals surface area contributed by atoms with Crippen LogP contribution < -0.4 is 0 Å². The van der Waals surface area contributed by atoms with Crippen molar-refractivity contribution in [3.05, 3.63) is 36.0 Å². The first-order valence-corrected chi connectivity index (χ1v) is 5.56. The lowest BCUT2D eigenvalue weighted by molar-refractivity contribution is -0.142. The fraction of sp³-hybridized carbons (Fsp3) is 0.308. The molecule has 0 bridgehead atoms. The smallest absolute Gasteiger partial charge is 0.320 e. The van der Waals surface area contributed by atoms with Crippen LogP contribution in [0.3, 0.4) is 0 Å². The Morgan fingerprint density at radius 3 is 2.61 bits per heavy atom. The third-order valence-corrected chi connectivity index (χ3v) is 3.71. The zero-order valence-corrected chi connectivity index (χ0v) is 9.65. The average Bonchev–Trinajstić information content (AvgIpc) is 2.70. The van der Waals surface area contributed by atoms with Gasteiger partial charge in [0.1, 0.15) is 0 Å². The predicted octanol–water partition coefficient (Wildman–Crippen LogP) is 2.54. The number of aliphatic carboxylic acids is 1. The molecular formula is C13H11F2NO2. The largest absolute Gasteiger partial charge is 0.480 e. The summed E-state index contributed by atoms with van der Waals surface area (Å²) < 4.78 is 28.8. The van der Waals surface area contributed by atoms with Gasteiger partial charge in [-0.3, -0.25) is 4.79 Å².